The molecule has 1 aliphatic heterocycles. The highest BCUT2D eigenvalue weighted by Gasteiger charge is 2.36. The molecular formula is C21H20N2S+2. The second-order valence-electron chi connectivity index (χ2n) is 5.96. The van der Waals surface area contributed by atoms with E-state index in [0.29, 0.717) is 0 Å². The van der Waals surface area contributed by atoms with Crippen molar-refractivity contribution in [2.45, 2.75) is 18.2 Å². The second kappa shape index (κ2) is 6.27. The van der Waals surface area contributed by atoms with Crippen LogP contribution in [0.15, 0.2) is 76.2 Å². The van der Waals surface area contributed by atoms with E-state index in [9.17, 15) is 0 Å². The molecule has 0 fully saturated rings. The van der Waals surface area contributed by atoms with Crippen LogP contribution in [0.3, 0.4) is 0 Å². The predicted octanol–water partition coefficient (Wildman–Crippen LogP) is 5.01. The summed E-state index contributed by atoms with van der Waals surface area (Å²) in [7, 11) is 2.11. The Morgan fingerprint density at radius 3 is 2.58 bits per heavy atom. The van der Waals surface area contributed by atoms with E-state index >= 15 is 0 Å². The Balaban J connectivity index is 1.58. The fraction of sp³-hybridized carbons (Fsp3) is 0.190. The Labute approximate surface area is 147 Å². The molecule has 2 nitrogen and oxygen atoms in total. The third kappa shape index (κ3) is 2.66. The Hall–Kier alpha value is -2.35. The van der Waals surface area contributed by atoms with E-state index in [0.717, 1.165) is 13.0 Å². The monoisotopic (exact) mass is 332 g/mol. The van der Waals surface area contributed by atoms with Crippen LogP contribution >= 0.6 is 11.8 Å². The predicted molar refractivity (Wildman–Crippen MR) is 102 cm³/mol. The van der Waals surface area contributed by atoms with Crippen molar-refractivity contribution in [2.75, 3.05) is 18.5 Å². The Morgan fingerprint density at radius 2 is 1.83 bits per heavy atom. The molecule has 0 amide bonds. The summed E-state index contributed by atoms with van der Waals surface area (Å²) in [6.45, 7) is 3.19. The van der Waals surface area contributed by atoms with E-state index < -0.39 is 0 Å². The van der Waals surface area contributed by atoms with Crippen LogP contribution in [0.5, 0.6) is 0 Å². The van der Waals surface area contributed by atoms with Gasteiger partial charge in [-0.2, -0.15) is 4.58 Å². The molecule has 1 aliphatic carbocycles. The van der Waals surface area contributed by atoms with Crippen molar-refractivity contribution in [3.8, 4) is 0 Å². The van der Waals surface area contributed by atoms with Crippen molar-refractivity contribution in [2.24, 2.45) is 0 Å². The van der Waals surface area contributed by atoms with Gasteiger partial charge in [0.1, 0.15) is 19.5 Å². The number of hydrogen-bond donors (Lipinski definition) is 0. The van der Waals surface area contributed by atoms with Gasteiger partial charge >= 0.3 is 5.71 Å². The summed E-state index contributed by atoms with van der Waals surface area (Å²) in [6.07, 6.45) is 6.78. The first-order valence-corrected chi connectivity index (χ1v) is 9.11. The molecule has 0 saturated carbocycles. The lowest BCUT2D eigenvalue weighted by Gasteiger charge is -2.15. The molecule has 0 N–H and O–H groups in total. The Bertz CT molecular complexity index is 862. The van der Waals surface area contributed by atoms with Crippen molar-refractivity contribution < 1.29 is 4.58 Å². The molecule has 0 radical (unpaired) electrons. The fourth-order valence-corrected chi connectivity index (χ4v) is 4.27. The number of rotatable bonds is 3. The molecule has 24 heavy (non-hydrogen) atoms. The summed E-state index contributed by atoms with van der Waals surface area (Å²) in [4.78, 5) is 3.73. The molecule has 3 heteroatoms. The van der Waals surface area contributed by atoms with Crippen LogP contribution in [-0.2, 0) is 0 Å². The summed E-state index contributed by atoms with van der Waals surface area (Å²) >= 11 is 1.86. The van der Waals surface area contributed by atoms with E-state index in [1.54, 1.807) is 0 Å². The van der Waals surface area contributed by atoms with Gasteiger partial charge in [-0.1, -0.05) is 30.3 Å². The smallest absolute Gasteiger partial charge is 0.318 e. The molecule has 0 spiro atoms. The van der Waals surface area contributed by atoms with Gasteiger partial charge in [0.15, 0.2) is 16.7 Å². The summed E-state index contributed by atoms with van der Waals surface area (Å²) < 4.78 is 2.22. The minimum atomic E-state index is 0.976. The quantitative estimate of drug-likeness (QED) is 0.576. The van der Waals surface area contributed by atoms with Crippen LogP contribution in [-0.4, -0.2) is 23.9 Å². The standard InChI is InChI=1S/C21H20N2S/c1-3-23-19-11-7-8-12-20(19)24-21(23)15-16-13-18(14-16)22(2)17-9-5-4-6-10-17/h4-12,15H,3,13H2,1-2H3/q+2. The SMILES string of the molecule is CCN1C(=CC2=[C+]C(=[N+](C)c3ccccc3)C2)Sc2ccccc21. The maximum atomic E-state index is 3.52. The van der Waals surface area contributed by atoms with Gasteiger partial charge in [0.25, 0.3) is 0 Å². The van der Waals surface area contributed by atoms with Crippen molar-refractivity contribution in [3.63, 3.8) is 0 Å². The number of nitrogens with zero attached hydrogens (tertiary/aromatic N) is 2. The van der Waals surface area contributed by atoms with E-state index in [4.69, 9.17) is 0 Å². The number of para-hydroxylation sites is 2. The van der Waals surface area contributed by atoms with Crippen LogP contribution in [0.1, 0.15) is 13.3 Å². The zero-order valence-electron chi connectivity index (χ0n) is 14.0. The third-order valence-corrected chi connectivity index (χ3v) is 5.57. The van der Waals surface area contributed by atoms with Crippen molar-refractivity contribution in [3.05, 3.63) is 77.4 Å². The minimum absolute atomic E-state index is 0.976. The first-order chi connectivity index (χ1) is 11.8. The van der Waals surface area contributed by atoms with Crippen LogP contribution < -0.4 is 4.90 Å². The van der Waals surface area contributed by atoms with Gasteiger partial charge < -0.3 is 4.90 Å². The van der Waals surface area contributed by atoms with Gasteiger partial charge in [-0.25, -0.2) is 0 Å². The Kier molecular flexibility index (Phi) is 3.97. The number of allylic oxidation sites excluding steroid dienone is 3. The molecule has 1 heterocycles. The molecule has 0 saturated heterocycles. The lowest BCUT2D eigenvalue weighted by atomic mass is 9.95. The zero-order chi connectivity index (χ0) is 16.5. The van der Waals surface area contributed by atoms with E-state index in [1.165, 1.54) is 32.6 Å². The molecule has 2 aliphatic rings. The highest BCUT2D eigenvalue weighted by Crippen LogP contribution is 2.46. The molecular weight excluding hydrogens is 312 g/mol. The fourth-order valence-electron chi connectivity index (χ4n) is 3.08. The van der Waals surface area contributed by atoms with Crippen LogP contribution in [0.25, 0.3) is 0 Å². The van der Waals surface area contributed by atoms with Crippen LogP contribution in [0, 0.1) is 6.08 Å². The normalized spacial score (nSPS) is 19.5. The first kappa shape index (κ1) is 15.2. The van der Waals surface area contributed by atoms with Gasteiger partial charge in [0, 0.05) is 23.6 Å². The van der Waals surface area contributed by atoms with Crippen molar-refractivity contribution in [1.29, 1.82) is 0 Å². The van der Waals surface area contributed by atoms with Gasteiger partial charge in [-0.3, -0.25) is 0 Å². The van der Waals surface area contributed by atoms with E-state index in [-0.39, 0.29) is 0 Å². The molecule has 0 unspecified atom stereocenters. The summed E-state index contributed by atoms with van der Waals surface area (Å²) in [5.41, 5.74) is 5.06. The van der Waals surface area contributed by atoms with E-state index in [2.05, 4.69) is 84.1 Å². The highest BCUT2D eigenvalue weighted by atomic mass is 32.2. The summed E-state index contributed by atoms with van der Waals surface area (Å²) in [6, 6.07) is 19.1. The number of anilines is 1. The summed E-state index contributed by atoms with van der Waals surface area (Å²) in [5.74, 6) is 0. The minimum Gasteiger partial charge on any atom is -0.318 e. The second-order valence-corrected chi connectivity index (χ2v) is 7.03. The molecule has 118 valence electrons. The topological polar surface area (TPSA) is 6.25 Å². The largest absolute Gasteiger partial charge is 0.333 e. The number of hydrogen-bond acceptors (Lipinski definition) is 2. The van der Waals surface area contributed by atoms with Crippen LogP contribution in [0.2, 0.25) is 0 Å². The maximum Gasteiger partial charge on any atom is 0.333 e. The Morgan fingerprint density at radius 1 is 1.12 bits per heavy atom. The van der Waals surface area contributed by atoms with Gasteiger partial charge in [-0.15, -0.1) is 0 Å². The average molecular weight is 332 g/mol. The van der Waals surface area contributed by atoms with Crippen molar-refractivity contribution in [1.82, 2.24) is 0 Å². The maximum absolute atomic E-state index is 3.52. The number of fused-ring (bicyclic) bond motifs is 1. The molecule has 4 rings (SSSR count). The number of benzene rings is 2. The molecule has 0 aromatic heterocycles. The molecule has 2 aromatic carbocycles. The van der Waals surface area contributed by atoms with Gasteiger partial charge in [-0.05, 0) is 30.8 Å². The highest BCUT2D eigenvalue weighted by molar-refractivity contribution is 8.03. The van der Waals surface area contributed by atoms with Gasteiger partial charge in [0.05, 0.1) is 5.69 Å². The molecule has 0 atom stereocenters. The van der Waals surface area contributed by atoms with Gasteiger partial charge in [0.2, 0.25) is 5.69 Å². The zero-order valence-corrected chi connectivity index (χ0v) is 14.8. The van der Waals surface area contributed by atoms with E-state index in [1.807, 2.05) is 17.8 Å². The summed E-state index contributed by atoms with van der Waals surface area (Å²) in [5, 5.41) is 1.31. The number of thioether (sulfide) groups is 1. The molecule has 2 aromatic rings. The van der Waals surface area contributed by atoms with Crippen LogP contribution in [0.4, 0.5) is 11.4 Å². The first-order valence-electron chi connectivity index (χ1n) is 8.30. The third-order valence-electron chi connectivity index (χ3n) is 4.46. The lowest BCUT2D eigenvalue weighted by molar-refractivity contribution is -0.406. The van der Waals surface area contributed by atoms with Crippen molar-refractivity contribution >= 4 is 28.8 Å². The average Bonchev–Trinajstić information content (AvgIpc) is 2.95. The molecule has 0 bridgehead atoms. The lowest BCUT2D eigenvalue weighted by Crippen LogP contribution is -2.21.